The SMILES string of the molecule is Nc1ccc(-c2cccs2)cc1NC(=O)c1ccc(CCCC(=O)O)cc1. The van der Waals surface area contributed by atoms with Crippen molar-refractivity contribution in [3.05, 3.63) is 71.1 Å². The molecule has 0 saturated heterocycles. The molecule has 5 nitrogen and oxygen atoms in total. The van der Waals surface area contributed by atoms with Gasteiger partial charge >= 0.3 is 5.97 Å². The lowest BCUT2D eigenvalue weighted by Crippen LogP contribution is -2.13. The number of nitrogen functional groups attached to an aromatic ring is 1. The van der Waals surface area contributed by atoms with E-state index in [0.717, 1.165) is 16.0 Å². The fourth-order valence-corrected chi connectivity index (χ4v) is 3.45. The van der Waals surface area contributed by atoms with E-state index in [-0.39, 0.29) is 12.3 Å². The average molecular weight is 380 g/mol. The number of nitrogens with two attached hydrogens (primary N) is 1. The Morgan fingerprint density at radius 3 is 2.52 bits per heavy atom. The molecule has 0 aliphatic rings. The fourth-order valence-electron chi connectivity index (χ4n) is 2.72. The first-order chi connectivity index (χ1) is 13.0. The Balaban J connectivity index is 1.68. The summed E-state index contributed by atoms with van der Waals surface area (Å²) in [4.78, 5) is 24.2. The molecule has 0 radical (unpaired) electrons. The Hall–Kier alpha value is -3.12. The van der Waals surface area contributed by atoms with Gasteiger partial charge in [-0.05, 0) is 59.7 Å². The van der Waals surface area contributed by atoms with Gasteiger partial charge in [-0.2, -0.15) is 0 Å². The summed E-state index contributed by atoms with van der Waals surface area (Å²) in [5.41, 5.74) is 9.64. The second-order valence-corrected chi connectivity index (χ2v) is 7.13. The van der Waals surface area contributed by atoms with E-state index in [4.69, 9.17) is 10.8 Å². The molecular weight excluding hydrogens is 360 g/mol. The summed E-state index contributed by atoms with van der Waals surface area (Å²) in [6.45, 7) is 0. The van der Waals surface area contributed by atoms with E-state index >= 15 is 0 Å². The van der Waals surface area contributed by atoms with E-state index in [1.807, 2.05) is 41.8 Å². The highest BCUT2D eigenvalue weighted by atomic mass is 32.1. The lowest BCUT2D eigenvalue weighted by atomic mass is 10.1. The van der Waals surface area contributed by atoms with Crippen LogP contribution in [-0.4, -0.2) is 17.0 Å². The van der Waals surface area contributed by atoms with Gasteiger partial charge in [-0.25, -0.2) is 0 Å². The highest BCUT2D eigenvalue weighted by molar-refractivity contribution is 7.13. The van der Waals surface area contributed by atoms with Crippen molar-refractivity contribution < 1.29 is 14.7 Å². The van der Waals surface area contributed by atoms with Gasteiger partial charge in [0.15, 0.2) is 0 Å². The average Bonchev–Trinajstić information content (AvgIpc) is 3.18. The van der Waals surface area contributed by atoms with E-state index in [9.17, 15) is 9.59 Å². The second kappa shape index (κ2) is 8.51. The second-order valence-electron chi connectivity index (χ2n) is 6.18. The Kier molecular flexibility index (Phi) is 5.88. The molecule has 0 saturated carbocycles. The molecule has 2 aromatic carbocycles. The number of amides is 1. The zero-order valence-corrected chi connectivity index (χ0v) is 15.5. The minimum absolute atomic E-state index is 0.141. The summed E-state index contributed by atoms with van der Waals surface area (Å²) in [7, 11) is 0. The van der Waals surface area contributed by atoms with E-state index < -0.39 is 5.97 Å². The molecule has 0 fully saturated rings. The smallest absolute Gasteiger partial charge is 0.303 e. The van der Waals surface area contributed by atoms with Crippen LogP contribution in [-0.2, 0) is 11.2 Å². The Morgan fingerprint density at radius 1 is 1.07 bits per heavy atom. The van der Waals surface area contributed by atoms with Gasteiger partial charge in [0.2, 0.25) is 0 Å². The van der Waals surface area contributed by atoms with Crippen LogP contribution in [0, 0.1) is 0 Å². The molecule has 0 unspecified atom stereocenters. The van der Waals surface area contributed by atoms with Crippen LogP contribution in [0.5, 0.6) is 0 Å². The van der Waals surface area contributed by atoms with Crippen molar-refractivity contribution in [2.45, 2.75) is 19.3 Å². The normalized spacial score (nSPS) is 10.5. The van der Waals surface area contributed by atoms with Crippen molar-refractivity contribution in [2.24, 2.45) is 0 Å². The minimum atomic E-state index is -0.798. The summed E-state index contributed by atoms with van der Waals surface area (Å²) >= 11 is 1.63. The van der Waals surface area contributed by atoms with E-state index in [1.165, 1.54) is 0 Å². The highest BCUT2D eigenvalue weighted by Crippen LogP contribution is 2.30. The molecule has 0 bridgehead atoms. The number of aliphatic carboxylic acids is 1. The highest BCUT2D eigenvalue weighted by Gasteiger charge is 2.10. The van der Waals surface area contributed by atoms with Gasteiger partial charge in [0.25, 0.3) is 5.91 Å². The first-order valence-corrected chi connectivity index (χ1v) is 9.46. The zero-order valence-electron chi connectivity index (χ0n) is 14.6. The molecule has 138 valence electrons. The minimum Gasteiger partial charge on any atom is -0.481 e. The summed E-state index contributed by atoms with van der Waals surface area (Å²) < 4.78 is 0. The summed E-state index contributed by atoms with van der Waals surface area (Å²) in [6, 6.07) is 16.8. The quantitative estimate of drug-likeness (QED) is 0.520. The molecule has 1 amide bonds. The third-order valence-corrected chi connectivity index (χ3v) is 5.10. The first-order valence-electron chi connectivity index (χ1n) is 8.58. The van der Waals surface area contributed by atoms with E-state index in [0.29, 0.717) is 29.8 Å². The molecule has 6 heteroatoms. The van der Waals surface area contributed by atoms with Crippen LogP contribution in [0.3, 0.4) is 0 Å². The number of carbonyl (C=O) groups is 2. The molecule has 0 spiro atoms. The van der Waals surface area contributed by atoms with Crippen molar-refractivity contribution in [2.75, 3.05) is 11.1 Å². The summed E-state index contributed by atoms with van der Waals surface area (Å²) in [5.74, 6) is -1.03. The number of carboxylic acid groups (broad SMARTS) is 1. The third kappa shape index (κ3) is 4.95. The number of carboxylic acids is 1. The van der Waals surface area contributed by atoms with Crippen molar-refractivity contribution in [1.29, 1.82) is 0 Å². The van der Waals surface area contributed by atoms with Crippen LogP contribution >= 0.6 is 11.3 Å². The lowest BCUT2D eigenvalue weighted by molar-refractivity contribution is -0.137. The van der Waals surface area contributed by atoms with Crippen LogP contribution in [0.4, 0.5) is 11.4 Å². The van der Waals surface area contributed by atoms with Crippen molar-refractivity contribution in [3.63, 3.8) is 0 Å². The monoisotopic (exact) mass is 380 g/mol. The number of carbonyl (C=O) groups excluding carboxylic acids is 1. The van der Waals surface area contributed by atoms with Gasteiger partial charge < -0.3 is 16.2 Å². The number of benzene rings is 2. The van der Waals surface area contributed by atoms with Gasteiger partial charge in [-0.15, -0.1) is 11.3 Å². The summed E-state index contributed by atoms with van der Waals surface area (Å²) in [5, 5.41) is 13.6. The van der Waals surface area contributed by atoms with Gasteiger partial charge in [-0.3, -0.25) is 9.59 Å². The number of thiophene rings is 1. The predicted octanol–water partition coefficient (Wildman–Crippen LogP) is 4.66. The van der Waals surface area contributed by atoms with Gasteiger partial charge in [0.05, 0.1) is 11.4 Å². The number of anilines is 2. The van der Waals surface area contributed by atoms with Crippen molar-refractivity contribution in [3.8, 4) is 10.4 Å². The van der Waals surface area contributed by atoms with Gasteiger partial charge in [0, 0.05) is 16.9 Å². The topological polar surface area (TPSA) is 92.4 Å². The van der Waals surface area contributed by atoms with E-state index in [1.54, 1.807) is 29.5 Å². The molecule has 0 aliphatic carbocycles. The first kappa shape index (κ1) is 18.7. The van der Waals surface area contributed by atoms with E-state index in [2.05, 4.69) is 5.32 Å². The lowest BCUT2D eigenvalue weighted by Gasteiger charge is -2.10. The standard InChI is InChI=1S/C21H20N2O3S/c22-17-11-10-16(19-4-2-12-27-19)13-18(17)23-21(26)15-8-6-14(7-9-15)3-1-5-20(24)25/h2,4,6-13H,1,3,5,22H2,(H,23,26)(H,24,25). The van der Waals surface area contributed by atoms with Crippen molar-refractivity contribution >= 4 is 34.6 Å². The maximum absolute atomic E-state index is 12.5. The van der Waals surface area contributed by atoms with Crippen LogP contribution in [0.2, 0.25) is 0 Å². The van der Waals surface area contributed by atoms with Crippen LogP contribution in [0.15, 0.2) is 60.0 Å². The van der Waals surface area contributed by atoms with Crippen LogP contribution in [0.1, 0.15) is 28.8 Å². The number of nitrogens with one attached hydrogen (secondary N) is 1. The molecule has 4 N–H and O–H groups in total. The Labute approximate surface area is 161 Å². The molecule has 3 aromatic rings. The fraction of sp³-hybridized carbons (Fsp3) is 0.143. The molecule has 0 atom stereocenters. The van der Waals surface area contributed by atoms with Crippen molar-refractivity contribution in [1.82, 2.24) is 0 Å². The molecular formula is C21H20N2O3S. The number of hydrogen-bond donors (Lipinski definition) is 3. The van der Waals surface area contributed by atoms with Crippen LogP contribution in [0.25, 0.3) is 10.4 Å². The molecule has 1 heterocycles. The Bertz CT molecular complexity index is 935. The number of aryl methyl sites for hydroxylation is 1. The largest absolute Gasteiger partial charge is 0.481 e. The summed E-state index contributed by atoms with van der Waals surface area (Å²) in [6.07, 6.45) is 1.39. The molecule has 0 aliphatic heterocycles. The van der Waals surface area contributed by atoms with Gasteiger partial charge in [0.1, 0.15) is 0 Å². The molecule has 27 heavy (non-hydrogen) atoms. The van der Waals surface area contributed by atoms with Crippen LogP contribution < -0.4 is 11.1 Å². The number of rotatable bonds is 7. The zero-order chi connectivity index (χ0) is 19.2. The number of hydrogen-bond acceptors (Lipinski definition) is 4. The maximum Gasteiger partial charge on any atom is 0.303 e. The molecule has 1 aromatic heterocycles. The maximum atomic E-state index is 12.5. The third-order valence-electron chi connectivity index (χ3n) is 4.18. The van der Waals surface area contributed by atoms with Gasteiger partial charge in [-0.1, -0.05) is 24.3 Å². The molecule has 3 rings (SSSR count). The Morgan fingerprint density at radius 2 is 1.85 bits per heavy atom. The predicted molar refractivity (Wildman–Crippen MR) is 109 cm³/mol.